The van der Waals surface area contributed by atoms with Crippen LogP contribution < -0.4 is 4.74 Å². The summed E-state index contributed by atoms with van der Waals surface area (Å²) in [6, 6.07) is 25.1. The molecule has 0 bridgehead atoms. The summed E-state index contributed by atoms with van der Waals surface area (Å²) in [6.45, 7) is 2.49. The summed E-state index contributed by atoms with van der Waals surface area (Å²) in [5, 5.41) is 0.941. The molecule has 0 aliphatic rings. The van der Waals surface area contributed by atoms with Gasteiger partial charge in [0.05, 0.1) is 12.1 Å². The number of aromatic nitrogens is 1. The number of hydrogen-bond acceptors (Lipinski definition) is 3. The van der Waals surface area contributed by atoms with Crippen LogP contribution >= 0.6 is 0 Å². The molecule has 1 heterocycles. The minimum Gasteiger partial charge on any atom is -0.493 e. The van der Waals surface area contributed by atoms with E-state index in [4.69, 9.17) is 4.74 Å². The molecular weight excluding hydrogens is 374 g/mol. The Labute approximate surface area is 175 Å². The molecule has 3 aromatic carbocycles. The van der Waals surface area contributed by atoms with Crippen LogP contribution in [0.4, 0.5) is 0 Å². The monoisotopic (exact) mass is 397 g/mol. The highest BCUT2D eigenvalue weighted by atomic mass is 16.5. The van der Waals surface area contributed by atoms with Gasteiger partial charge in [-0.15, -0.1) is 0 Å². The van der Waals surface area contributed by atoms with Crippen molar-refractivity contribution in [3.8, 4) is 5.75 Å². The number of benzene rings is 3. The minimum absolute atomic E-state index is 0.0958. The Hall–Kier alpha value is -3.66. The third-order valence-corrected chi connectivity index (χ3v) is 5.23. The van der Waals surface area contributed by atoms with Gasteiger partial charge in [0.2, 0.25) is 0 Å². The third kappa shape index (κ3) is 4.03. The van der Waals surface area contributed by atoms with E-state index in [1.807, 2.05) is 61.5 Å². The average molecular weight is 397 g/mol. The normalized spacial score (nSPS) is 10.8. The van der Waals surface area contributed by atoms with Gasteiger partial charge in [0.1, 0.15) is 12.0 Å². The number of carbonyl (C=O) groups is 2. The SMILES string of the molecule is Cc1cc2c(CC=O)cccc2n1C(=O)c1ccc(OCCc2ccccc2)cc1. The van der Waals surface area contributed by atoms with Crippen molar-refractivity contribution in [2.24, 2.45) is 0 Å². The molecule has 0 aliphatic carbocycles. The fourth-order valence-electron chi connectivity index (χ4n) is 3.72. The van der Waals surface area contributed by atoms with Gasteiger partial charge in [-0.1, -0.05) is 42.5 Å². The van der Waals surface area contributed by atoms with E-state index in [0.29, 0.717) is 18.6 Å². The minimum atomic E-state index is -0.0958. The molecule has 4 heteroatoms. The van der Waals surface area contributed by atoms with Crippen LogP contribution in [0.2, 0.25) is 0 Å². The van der Waals surface area contributed by atoms with Crippen LogP contribution in [0.5, 0.6) is 5.75 Å². The van der Waals surface area contributed by atoms with Crippen LogP contribution in [0.3, 0.4) is 0 Å². The molecule has 0 amide bonds. The van der Waals surface area contributed by atoms with Gasteiger partial charge in [-0.3, -0.25) is 9.36 Å². The zero-order chi connectivity index (χ0) is 20.9. The maximum absolute atomic E-state index is 13.2. The molecule has 0 spiro atoms. The molecule has 0 radical (unpaired) electrons. The zero-order valence-corrected chi connectivity index (χ0v) is 16.9. The molecule has 150 valence electrons. The molecule has 0 fully saturated rings. The van der Waals surface area contributed by atoms with Gasteiger partial charge >= 0.3 is 0 Å². The standard InChI is InChI=1S/C26H23NO3/c1-19-18-24-21(14-16-28)8-5-9-25(24)27(19)26(29)22-10-12-23(13-11-22)30-17-15-20-6-3-2-4-7-20/h2-13,16,18H,14-15,17H2,1H3. The lowest BCUT2D eigenvalue weighted by molar-refractivity contribution is -0.107. The molecule has 0 atom stereocenters. The second-order valence-electron chi connectivity index (χ2n) is 7.26. The predicted molar refractivity (Wildman–Crippen MR) is 118 cm³/mol. The highest BCUT2D eigenvalue weighted by molar-refractivity contribution is 6.03. The first-order valence-electron chi connectivity index (χ1n) is 10.0. The zero-order valence-electron chi connectivity index (χ0n) is 16.9. The number of aryl methyl sites for hydroxylation is 1. The summed E-state index contributed by atoms with van der Waals surface area (Å²) in [4.78, 5) is 24.1. The van der Waals surface area contributed by atoms with Crippen molar-refractivity contribution in [2.75, 3.05) is 6.61 Å². The Balaban J connectivity index is 1.50. The van der Waals surface area contributed by atoms with E-state index in [0.717, 1.165) is 40.6 Å². The molecule has 4 aromatic rings. The molecule has 1 aromatic heterocycles. The van der Waals surface area contributed by atoms with Crippen molar-refractivity contribution >= 4 is 23.1 Å². The lowest BCUT2D eigenvalue weighted by Gasteiger charge is -2.10. The van der Waals surface area contributed by atoms with E-state index in [-0.39, 0.29) is 5.91 Å². The van der Waals surface area contributed by atoms with Crippen molar-refractivity contribution < 1.29 is 14.3 Å². The van der Waals surface area contributed by atoms with Crippen molar-refractivity contribution in [1.29, 1.82) is 0 Å². The Kier molecular flexibility index (Phi) is 5.75. The van der Waals surface area contributed by atoms with Crippen LogP contribution in [-0.4, -0.2) is 23.4 Å². The van der Waals surface area contributed by atoms with Crippen LogP contribution in [0.15, 0.2) is 78.9 Å². The Morgan fingerprint density at radius 1 is 0.967 bits per heavy atom. The summed E-state index contributed by atoms with van der Waals surface area (Å²) < 4.78 is 7.52. The Morgan fingerprint density at radius 3 is 2.47 bits per heavy atom. The molecule has 4 nitrogen and oxygen atoms in total. The van der Waals surface area contributed by atoms with E-state index < -0.39 is 0 Å². The molecule has 30 heavy (non-hydrogen) atoms. The van der Waals surface area contributed by atoms with Crippen molar-refractivity contribution in [2.45, 2.75) is 19.8 Å². The van der Waals surface area contributed by atoms with Gasteiger partial charge in [-0.05, 0) is 54.4 Å². The number of ether oxygens (including phenoxy) is 1. The van der Waals surface area contributed by atoms with Gasteiger partial charge < -0.3 is 9.53 Å². The summed E-state index contributed by atoms with van der Waals surface area (Å²) in [5.74, 6) is 0.645. The lowest BCUT2D eigenvalue weighted by atomic mass is 10.1. The number of fused-ring (bicyclic) bond motifs is 1. The quantitative estimate of drug-likeness (QED) is 0.412. The first-order chi connectivity index (χ1) is 14.7. The molecule has 0 saturated heterocycles. The van der Waals surface area contributed by atoms with E-state index >= 15 is 0 Å². The van der Waals surface area contributed by atoms with Crippen LogP contribution in [-0.2, 0) is 17.6 Å². The van der Waals surface area contributed by atoms with Gasteiger partial charge in [-0.2, -0.15) is 0 Å². The van der Waals surface area contributed by atoms with Gasteiger partial charge in [-0.25, -0.2) is 0 Å². The first kappa shape index (κ1) is 19.6. The summed E-state index contributed by atoms with van der Waals surface area (Å²) in [6.07, 6.45) is 2.06. The second kappa shape index (κ2) is 8.78. The molecule has 0 unspecified atom stereocenters. The molecule has 0 N–H and O–H groups in total. The maximum atomic E-state index is 13.2. The summed E-state index contributed by atoms with van der Waals surface area (Å²) >= 11 is 0. The van der Waals surface area contributed by atoms with Crippen molar-refractivity contribution in [1.82, 2.24) is 4.57 Å². The van der Waals surface area contributed by atoms with Crippen LogP contribution in [0, 0.1) is 6.92 Å². The fraction of sp³-hybridized carbons (Fsp3) is 0.154. The number of aldehydes is 1. The summed E-state index contributed by atoms with van der Waals surface area (Å²) in [7, 11) is 0. The highest BCUT2D eigenvalue weighted by Gasteiger charge is 2.16. The molecule has 4 rings (SSSR count). The van der Waals surface area contributed by atoms with E-state index in [1.54, 1.807) is 16.7 Å². The highest BCUT2D eigenvalue weighted by Crippen LogP contribution is 2.25. The molecule has 0 aliphatic heterocycles. The van der Waals surface area contributed by atoms with E-state index in [2.05, 4.69) is 12.1 Å². The lowest BCUT2D eigenvalue weighted by Crippen LogP contribution is -2.13. The van der Waals surface area contributed by atoms with Crippen molar-refractivity contribution in [3.05, 3.63) is 101 Å². The van der Waals surface area contributed by atoms with Gasteiger partial charge in [0.15, 0.2) is 0 Å². The third-order valence-electron chi connectivity index (χ3n) is 5.23. The molecular formula is C26H23NO3. The Morgan fingerprint density at radius 2 is 1.73 bits per heavy atom. The average Bonchev–Trinajstić information content (AvgIpc) is 3.11. The van der Waals surface area contributed by atoms with Crippen LogP contribution in [0.25, 0.3) is 10.9 Å². The number of rotatable bonds is 7. The predicted octanol–water partition coefficient (Wildman–Crippen LogP) is 5.00. The largest absolute Gasteiger partial charge is 0.493 e. The maximum Gasteiger partial charge on any atom is 0.262 e. The van der Waals surface area contributed by atoms with Gasteiger partial charge in [0, 0.05) is 29.5 Å². The topological polar surface area (TPSA) is 48.3 Å². The fourth-order valence-corrected chi connectivity index (χ4v) is 3.72. The first-order valence-corrected chi connectivity index (χ1v) is 10.0. The van der Waals surface area contributed by atoms with Gasteiger partial charge in [0.25, 0.3) is 5.91 Å². The van der Waals surface area contributed by atoms with E-state index in [9.17, 15) is 9.59 Å². The summed E-state index contributed by atoms with van der Waals surface area (Å²) in [5.41, 5.74) is 4.41. The second-order valence-corrected chi connectivity index (χ2v) is 7.26. The van der Waals surface area contributed by atoms with Crippen molar-refractivity contribution in [3.63, 3.8) is 0 Å². The molecule has 0 saturated carbocycles. The Bertz CT molecular complexity index is 1170. The number of nitrogens with zero attached hydrogens (tertiary/aromatic N) is 1. The van der Waals surface area contributed by atoms with Crippen LogP contribution in [0.1, 0.15) is 27.2 Å². The number of carbonyl (C=O) groups excluding carboxylic acids is 2. The smallest absolute Gasteiger partial charge is 0.262 e. The number of hydrogen-bond donors (Lipinski definition) is 0. The van der Waals surface area contributed by atoms with E-state index in [1.165, 1.54) is 5.56 Å².